The van der Waals surface area contributed by atoms with E-state index in [1.165, 1.54) is 0 Å². The number of benzene rings is 2. The number of alkyl halides is 2. The highest BCUT2D eigenvalue weighted by atomic mass is 19.2. The van der Waals surface area contributed by atoms with Crippen LogP contribution in [0.1, 0.15) is 86.5 Å². The normalized spacial score (nSPS) is 24.8. The maximum Gasteiger partial charge on any atom is 0.164 e. The molecule has 4 rings (SSSR count). The van der Waals surface area contributed by atoms with Gasteiger partial charge < -0.3 is 9.47 Å². The fourth-order valence-electron chi connectivity index (χ4n) is 4.78. The van der Waals surface area contributed by atoms with Crippen molar-refractivity contribution in [3.63, 3.8) is 0 Å². The second kappa shape index (κ2) is 9.92. The zero-order valence-corrected chi connectivity index (χ0v) is 18.6. The highest BCUT2D eigenvalue weighted by Crippen LogP contribution is 2.51. The molecule has 32 heavy (non-hydrogen) atoms. The molecule has 0 bridgehead atoms. The first-order valence-electron chi connectivity index (χ1n) is 11.6. The van der Waals surface area contributed by atoms with Gasteiger partial charge in [0.1, 0.15) is 11.6 Å². The molecule has 6 heteroatoms. The van der Waals surface area contributed by atoms with Gasteiger partial charge in [-0.3, -0.25) is 0 Å². The van der Waals surface area contributed by atoms with E-state index in [4.69, 9.17) is 9.47 Å². The van der Waals surface area contributed by atoms with E-state index in [0.717, 1.165) is 25.7 Å². The lowest BCUT2D eigenvalue weighted by molar-refractivity contribution is -0.190. The molecule has 1 heterocycles. The van der Waals surface area contributed by atoms with Crippen LogP contribution >= 0.6 is 0 Å². The first-order valence-corrected chi connectivity index (χ1v) is 11.6. The molecule has 0 saturated carbocycles. The van der Waals surface area contributed by atoms with Gasteiger partial charge in [0.15, 0.2) is 18.6 Å². The number of hydrogen-bond donors (Lipinski definition) is 0. The number of aryl methyl sites for hydroxylation is 1. The Morgan fingerprint density at radius 2 is 1.44 bits per heavy atom. The van der Waals surface area contributed by atoms with Crippen molar-refractivity contribution in [3.8, 4) is 11.1 Å². The Bertz CT molecular complexity index is 953. The van der Waals surface area contributed by atoms with Gasteiger partial charge in [0.05, 0.1) is 13.2 Å². The SMILES string of the molecule is CCCCCC1OCC(c2ccc3c(c2F)C(F)C(F)c2c-3ccc(CCC)c2F)CO1. The second-order valence-corrected chi connectivity index (χ2v) is 8.77. The molecule has 0 amide bonds. The standard InChI is InChI=1S/C26H30F4O2/c1-3-5-6-8-20-31-13-16(14-32-20)17-11-12-19-18-10-9-15(7-4-2)23(27)21(18)25(29)26(30)22(19)24(17)28/h9-12,16,20,25-26H,3-8,13-14H2,1-2H3. The number of rotatable bonds is 7. The van der Waals surface area contributed by atoms with Crippen molar-refractivity contribution >= 4 is 0 Å². The Morgan fingerprint density at radius 1 is 0.812 bits per heavy atom. The van der Waals surface area contributed by atoms with Crippen LogP contribution in [0.4, 0.5) is 17.6 Å². The summed E-state index contributed by atoms with van der Waals surface area (Å²) in [7, 11) is 0. The maximum absolute atomic E-state index is 15.5. The molecule has 1 aliphatic heterocycles. The third kappa shape index (κ3) is 4.19. The van der Waals surface area contributed by atoms with Crippen molar-refractivity contribution in [1.29, 1.82) is 0 Å². The molecule has 0 aromatic heterocycles. The molecule has 2 aromatic carbocycles. The van der Waals surface area contributed by atoms with E-state index in [1.807, 2.05) is 6.92 Å². The monoisotopic (exact) mass is 450 g/mol. The minimum Gasteiger partial charge on any atom is -0.352 e. The van der Waals surface area contributed by atoms with Crippen LogP contribution in [-0.4, -0.2) is 19.5 Å². The van der Waals surface area contributed by atoms with E-state index in [1.54, 1.807) is 24.3 Å². The number of ether oxygens (including phenoxy) is 2. The summed E-state index contributed by atoms with van der Waals surface area (Å²) < 4.78 is 72.1. The Kier molecular flexibility index (Phi) is 7.21. The summed E-state index contributed by atoms with van der Waals surface area (Å²) in [5.41, 5.74) is 0.386. The van der Waals surface area contributed by atoms with Gasteiger partial charge in [-0.2, -0.15) is 0 Å². The minimum atomic E-state index is -2.27. The topological polar surface area (TPSA) is 18.5 Å². The van der Waals surface area contributed by atoms with Crippen molar-refractivity contribution in [3.05, 3.63) is 58.2 Å². The third-order valence-electron chi connectivity index (χ3n) is 6.54. The summed E-state index contributed by atoms with van der Waals surface area (Å²) in [6.07, 6.45) is 0.267. The molecule has 1 fully saturated rings. The van der Waals surface area contributed by atoms with Crippen LogP contribution in [0.3, 0.4) is 0 Å². The molecule has 2 aromatic rings. The quantitative estimate of drug-likeness (QED) is 0.318. The molecule has 0 N–H and O–H groups in total. The van der Waals surface area contributed by atoms with E-state index >= 15 is 13.2 Å². The van der Waals surface area contributed by atoms with Crippen LogP contribution in [0.5, 0.6) is 0 Å². The zero-order chi connectivity index (χ0) is 22.8. The largest absolute Gasteiger partial charge is 0.352 e. The number of unbranched alkanes of at least 4 members (excludes halogenated alkanes) is 2. The van der Waals surface area contributed by atoms with Crippen molar-refractivity contribution in [2.45, 2.75) is 76.9 Å². The highest BCUT2D eigenvalue weighted by Gasteiger charge is 2.40. The Labute approximate surface area is 186 Å². The van der Waals surface area contributed by atoms with E-state index in [-0.39, 0.29) is 47.3 Å². The van der Waals surface area contributed by atoms with Crippen molar-refractivity contribution in [2.75, 3.05) is 13.2 Å². The van der Waals surface area contributed by atoms with Crippen molar-refractivity contribution in [2.24, 2.45) is 0 Å². The Balaban J connectivity index is 1.62. The molecule has 1 saturated heterocycles. The van der Waals surface area contributed by atoms with Gasteiger partial charge >= 0.3 is 0 Å². The van der Waals surface area contributed by atoms with E-state index in [2.05, 4.69) is 6.92 Å². The smallest absolute Gasteiger partial charge is 0.164 e. The first-order chi connectivity index (χ1) is 15.5. The average molecular weight is 451 g/mol. The van der Waals surface area contributed by atoms with Gasteiger partial charge in [0, 0.05) is 17.0 Å². The average Bonchev–Trinajstić information content (AvgIpc) is 2.79. The van der Waals surface area contributed by atoms with Crippen molar-refractivity contribution in [1.82, 2.24) is 0 Å². The van der Waals surface area contributed by atoms with Crippen LogP contribution in [0.15, 0.2) is 24.3 Å². The molecular weight excluding hydrogens is 420 g/mol. The molecule has 1 aliphatic carbocycles. The third-order valence-corrected chi connectivity index (χ3v) is 6.54. The summed E-state index contributed by atoms with van der Waals surface area (Å²) in [5.74, 6) is -1.92. The van der Waals surface area contributed by atoms with Gasteiger partial charge in [-0.1, -0.05) is 57.4 Å². The first kappa shape index (κ1) is 23.2. The van der Waals surface area contributed by atoms with Crippen molar-refractivity contribution < 1.29 is 27.0 Å². The van der Waals surface area contributed by atoms with E-state index < -0.39 is 29.9 Å². The summed E-state index contributed by atoms with van der Waals surface area (Å²) in [5, 5.41) is 0. The fourth-order valence-corrected chi connectivity index (χ4v) is 4.78. The van der Waals surface area contributed by atoms with Gasteiger partial charge in [0.2, 0.25) is 0 Å². The van der Waals surface area contributed by atoms with Crippen LogP contribution in [0.25, 0.3) is 11.1 Å². The second-order valence-electron chi connectivity index (χ2n) is 8.77. The molecule has 2 unspecified atom stereocenters. The lowest BCUT2D eigenvalue weighted by atomic mass is 9.79. The van der Waals surface area contributed by atoms with Gasteiger partial charge in [0.25, 0.3) is 0 Å². The molecule has 0 radical (unpaired) electrons. The predicted molar refractivity (Wildman–Crippen MR) is 116 cm³/mol. The zero-order valence-electron chi connectivity index (χ0n) is 18.6. The molecule has 174 valence electrons. The summed E-state index contributed by atoms with van der Waals surface area (Å²) in [4.78, 5) is 0. The minimum absolute atomic E-state index is 0.208. The van der Waals surface area contributed by atoms with E-state index in [0.29, 0.717) is 18.4 Å². The summed E-state index contributed by atoms with van der Waals surface area (Å²) >= 11 is 0. The number of halogens is 4. The van der Waals surface area contributed by atoms with Gasteiger partial charge in [-0.25, -0.2) is 17.6 Å². The van der Waals surface area contributed by atoms with Gasteiger partial charge in [-0.15, -0.1) is 0 Å². The number of fused-ring (bicyclic) bond motifs is 3. The fraction of sp³-hybridized carbons (Fsp3) is 0.538. The maximum atomic E-state index is 15.5. The summed E-state index contributed by atoms with van der Waals surface area (Å²) in [6.45, 7) is 4.53. The van der Waals surface area contributed by atoms with Crippen LogP contribution in [0, 0.1) is 11.6 Å². The highest BCUT2D eigenvalue weighted by molar-refractivity contribution is 5.76. The predicted octanol–water partition coefficient (Wildman–Crippen LogP) is 7.66. The molecule has 2 nitrogen and oxygen atoms in total. The lowest BCUT2D eigenvalue weighted by Gasteiger charge is -2.32. The lowest BCUT2D eigenvalue weighted by Crippen LogP contribution is -2.31. The molecule has 2 atom stereocenters. The number of hydrogen-bond acceptors (Lipinski definition) is 2. The van der Waals surface area contributed by atoms with Crippen LogP contribution in [-0.2, 0) is 15.9 Å². The molecular formula is C26H30F4O2. The van der Waals surface area contributed by atoms with Gasteiger partial charge in [-0.05, 0) is 41.5 Å². The Hall–Kier alpha value is -1.92. The molecule has 2 aliphatic rings. The van der Waals surface area contributed by atoms with Crippen LogP contribution in [0.2, 0.25) is 0 Å². The summed E-state index contributed by atoms with van der Waals surface area (Å²) in [6, 6.07) is 6.29. The molecule has 0 spiro atoms. The van der Waals surface area contributed by atoms with E-state index in [9.17, 15) is 4.39 Å². The Morgan fingerprint density at radius 3 is 2.06 bits per heavy atom. The van der Waals surface area contributed by atoms with Crippen LogP contribution < -0.4 is 0 Å².